The molecule has 7 heterocycles. The minimum atomic E-state index is -4.70. The summed E-state index contributed by atoms with van der Waals surface area (Å²) in [5.74, 6) is 0.273. The number of benzene rings is 11. The number of aromatic nitrogens is 8. The largest absolute Gasteiger partial charge is 0.416 e. The minimum Gasteiger partial charge on any atom is -0.309 e. The molecular formula is C84H46F12N8. The van der Waals surface area contributed by atoms with Crippen LogP contribution in [-0.4, -0.2) is 38.2 Å². The number of nitrogens with zero attached hydrogens (tertiary/aromatic N) is 8. The van der Waals surface area contributed by atoms with Crippen molar-refractivity contribution in [3.8, 4) is 78.9 Å². The van der Waals surface area contributed by atoms with E-state index in [-0.39, 0.29) is 5.82 Å². The molecule has 18 rings (SSSR count). The Kier molecular flexibility index (Phi) is 14.2. The van der Waals surface area contributed by atoms with Crippen LogP contribution in [0.4, 0.5) is 52.7 Å². The Balaban J connectivity index is 0.892. The van der Waals surface area contributed by atoms with Gasteiger partial charge in [-0.15, -0.1) is 0 Å². The van der Waals surface area contributed by atoms with Crippen LogP contribution in [-0.2, 0) is 24.7 Å². The Morgan fingerprint density at radius 1 is 0.231 bits per heavy atom. The van der Waals surface area contributed by atoms with Crippen LogP contribution >= 0.6 is 0 Å². The molecule has 0 aliphatic carbocycles. The lowest BCUT2D eigenvalue weighted by Gasteiger charge is -2.20. The Labute approximate surface area is 580 Å². The van der Waals surface area contributed by atoms with Crippen LogP contribution in [0.5, 0.6) is 0 Å². The van der Waals surface area contributed by atoms with Crippen molar-refractivity contribution in [3.63, 3.8) is 0 Å². The van der Waals surface area contributed by atoms with Gasteiger partial charge in [-0.05, 0) is 127 Å². The van der Waals surface area contributed by atoms with E-state index in [0.29, 0.717) is 160 Å². The SMILES string of the molecule is FC(F)(F)c1ccc2c(c1)c1ccccc1n2-c1cnccc1-c1ccc(-c2cc(-c3ccc(-c4ccncc4-n4c5ccccc5c5cc(C(F)(F)F)ccc54)c(-n4c5ccccc5c5cc(C(F)(F)F)ccc54)c3)nc(-c3ccccc3)n2)cc1-n1c2ccccc2c2cc(C(F)(F)F)ccc21. The van der Waals surface area contributed by atoms with Crippen molar-refractivity contribution >= 4 is 87.2 Å². The molecule has 506 valence electrons. The van der Waals surface area contributed by atoms with Crippen LogP contribution in [0.15, 0.2) is 280 Å². The zero-order chi connectivity index (χ0) is 71.3. The molecule has 11 aromatic carbocycles. The third kappa shape index (κ3) is 10.3. The van der Waals surface area contributed by atoms with Gasteiger partial charge in [-0.25, -0.2) is 9.97 Å². The maximum absolute atomic E-state index is 14.8. The van der Waals surface area contributed by atoms with Crippen molar-refractivity contribution in [3.05, 3.63) is 302 Å². The first-order valence-corrected chi connectivity index (χ1v) is 32.7. The van der Waals surface area contributed by atoms with E-state index in [9.17, 15) is 52.7 Å². The van der Waals surface area contributed by atoms with Crippen LogP contribution in [0.3, 0.4) is 0 Å². The fourth-order valence-corrected chi connectivity index (χ4v) is 14.9. The van der Waals surface area contributed by atoms with Gasteiger partial charge in [0.1, 0.15) is 0 Å². The van der Waals surface area contributed by atoms with E-state index in [4.69, 9.17) is 9.97 Å². The minimum absolute atomic E-state index is 0.273. The van der Waals surface area contributed by atoms with E-state index >= 15 is 0 Å². The molecule has 0 atom stereocenters. The highest BCUT2D eigenvalue weighted by molar-refractivity contribution is 6.14. The van der Waals surface area contributed by atoms with Gasteiger partial charge in [0.2, 0.25) is 0 Å². The summed E-state index contributed by atoms with van der Waals surface area (Å²) in [6.07, 6.45) is -12.3. The zero-order valence-corrected chi connectivity index (χ0v) is 53.7. The van der Waals surface area contributed by atoms with Crippen molar-refractivity contribution in [1.82, 2.24) is 38.2 Å². The predicted molar refractivity (Wildman–Crippen MR) is 382 cm³/mol. The lowest BCUT2D eigenvalue weighted by molar-refractivity contribution is -0.138. The molecule has 8 nitrogen and oxygen atoms in total. The predicted octanol–water partition coefficient (Wildman–Crippen LogP) is 24.1. The van der Waals surface area contributed by atoms with Gasteiger partial charge >= 0.3 is 24.7 Å². The number of fused-ring (bicyclic) bond motifs is 12. The van der Waals surface area contributed by atoms with Crippen LogP contribution in [0, 0.1) is 0 Å². The molecule has 104 heavy (non-hydrogen) atoms. The Morgan fingerprint density at radius 2 is 0.519 bits per heavy atom. The molecule has 0 fully saturated rings. The number of rotatable bonds is 9. The average molecular weight is 1400 g/mol. The van der Waals surface area contributed by atoms with Crippen molar-refractivity contribution in [1.29, 1.82) is 0 Å². The molecule has 18 aromatic rings. The van der Waals surface area contributed by atoms with Gasteiger partial charge in [0.15, 0.2) is 5.82 Å². The second-order valence-corrected chi connectivity index (χ2v) is 25.4. The first kappa shape index (κ1) is 63.3. The number of para-hydroxylation sites is 4. The highest BCUT2D eigenvalue weighted by Crippen LogP contribution is 2.48. The van der Waals surface area contributed by atoms with E-state index in [1.165, 1.54) is 24.3 Å². The van der Waals surface area contributed by atoms with Gasteiger partial charge in [0.25, 0.3) is 0 Å². The van der Waals surface area contributed by atoms with Gasteiger partial charge < -0.3 is 18.3 Å². The Hall–Kier alpha value is -12.8. The van der Waals surface area contributed by atoms with Crippen LogP contribution in [0.1, 0.15) is 22.3 Å². The summed E-state index contributed by atoms with van der Waals surface area (Å²) in [7, 11) is 0. The molecule has 20 heteroatoms. The molecule has 0 aliphatic rings. The van der Waals surface area contributed by atoms with Gasteiger partial charge in [0.05, 0.1) is 113 Å². The summed E-state index contributed by atoms with van der Waals surface area (Å²) in [6, 6.07) is 68.5. The fourth-order valence-electron chi connectivity index (χ4n) is 14.9. The fraction of sp³-hybridized carbons (Fsp3) is 0.0476. The van der Waals surface area contributed by atoms with Gasteiger partial charge in [0, 0.05) is 94.4 Å². The molecule has 0 saturated carbocycles. The summed E-state index contributed by atoms with van der Waals surface area (Å²) in [6.45, 7) is 0. The van der Waals surface area contributed by atoms with Gasteiger partial charge in [-0.2, -0.15) is 52.7 Å². The van der Waals surface area contributed by atoms with Crippen molar-refractivity contribution in [2.24, 2.45) is 0 Å². The maximum Gasteiger partial charge on any atom is 0.416 e. The number of halogens is 12. The van der Waals surface area contributed by atoms with E-state index in [1.807, 2.05) is 109 Å². The lowest BCUT2D eigenvalue weighted by Crippen LogP contribution is -2.05. The Bertz CT molecular complexity index is 6200. The van der Waals surface area contributed by atoms with Gasteiger partial charge in [-0.3, -0.25) is 9.97 Å². The highest BCUT2D eigenvalue weighted by atomic mass is 19.4. The van der Waals surface area contributed by atoms with E-state index in [2.05, 4.69) is 9.97 Å². The normalized spacial score (nSPS) is 12.6. The van der Waals surface area contributed by atoms with Gasteiger partial charge in [-0.1, -0.05) is 127 Å². The number of alkyl halides is 12. The first-order chi connectivity index (χ1) is 50.1. The summed E-state index contributed by atoms with van der Waals surface area (Å²) in [5.41, 5.74) is 7.00. The van der Waals surface area contributed by atoms with E-state index in [1.54, 1.807) is 116 Å². The third-order valence-corrected chi connectivity index (χ3v) is 19.5. The molecule has 7 aromatic heterocycles. The first-order valence-electron chi connectivity index (χ1n) is 32.7. The summed E-state index contributed by atoms with van der Waals surface area (Å²) >= 11 is 0. The molecule has 0 bridgehead atoms. The second-order valence-electron chi connectivity index (χ2n) is 25.4. The molecule has 0 aliphatic heterocycles. The monoisotopic (exact) mass is 1390 g/mol. The number of hydrogen-bond acceptors (Lipinski definition) is 4. The summed E-state index contributed by atoms with van der Waals surface area (Å²) < 4.78 is 183. The summed E-state index contributed by atoms with van der Waals surface area (Å²) in [4.78, 5) is 19.7. The third-order valence-electron chi connectivity index (χ3n) is 19.5. The smallest absolute Gasteiger partial charge is 0.309 e. The Morgan fingerprint density at radius 3 is 0.846 bits per heavy atom. The lowest BCUT2D eigenvalue weighted by atomic mass is 9.97. The number of hydrogen-bond donors (Lipinski definition) is 0. The molecule has 0 saturated heterocycles. The molecule has 0 N–H and O–H groups in total. The topological polar surface area (TPSA) is 71.3 Å². The molecule has 0 unspecified atom stereocenters. The van der Waals surface area contributed by atoms with Crippen molar-refractivity contribution < 1.29 is 52.7 Å². The quantitative estimate of drug-likeness (QED) is 0.135. The second kappa shape index (κ2) is 23.4. The van der Waals surface area contributed by atoms with Crippen molar-refractivity contribution in [2.45, 2.75) is 24.7 Å². The average Bonchev–Trinajstić information content (AvgIpc) is 1.55. The van der Waals surface area contributed by atoms with Crippen LogP contribution in [0.2, 0.25) is 0 Å². The maximum atomic E-state index is 14.8. The highest BCUT2D eigenvalue weighted by Gasteiger charge is 2.36. The summed E-state index contributed by atoms with van der Waals surface area (Å²) in [5, 5.41) is 3.39. The van der Waals surface area contributed by atoms with Crippen molar-refractivity contribution in [2.75, 3.05) is 0 Å². The standard InChI is InChI=1S/C84H46F12N8/c85-81(86,87)50-24-30-72-62(40-50)54-14-4-8-18-68(54)101(72)76-38-48(22-28-58(76)60-34-36-97-45-78(60)103-70-20-10-6-16-56(70)64-42-52(83(91,92)93)26-32-74(64)103)66-44-67(100-80(99-66)47-12-2-1-3-13-47)49-23-29-59(77(39-49)102-69-19-9-5-15-55(69)63-41-51(82(88,89)90)25-31-73(63)102)61-35-37-98-46-79(61)104-71-21-11-7-17-57(71)65-43-53(84(94,95)96)27-33-75(65)104/h1-46H. The van der Waals surface area contributed by atoms with E-state index in [0.717, 1.165) is 48.5 Å². The van der Waals surface area contributed by atoms with Crippen LogP contribution in [0.25, 0.3) is 166 Å². The van der Waals surface area contributed by atoms with Crippen LogP contribution < -0.4 is 0 Å². The molecular weight excluding hydrogens is 1350 g/mol. The zero-order valence-electron chi connectivity index (χ0n) is 53.7. The van der Waals surface area contributed by atoms with E-state index < -0.39 is 47.0 Å². The molecule has 0 amide bonds. The molecule has 0 spiro atoms. The number of pyridine rings is 2. The molecule has 0 radical (unpaired) electrons.